The van der Waals surface area contributed by atoms with Gasteiger partial charge in [-0.25, -0.2) is 4.79 Å². The van der Waals surface area contributed by atoms with Crippen LogP contribution in [0.4, 0.5) is 11.4 Å². The second-order valence-corrected chi connectivity index (χ2v) is 6.36. The topological polar surface area (TPSA) is 69.6 Å². The number of piperidine rings is 1. The molecular weight excluding hydrogens is 292 g/mol. The lowest BCUT2D eigenvalue weighted by molar-refractivity contribution is -0.116. The van der Waals surface area contributed by atoms with Crippen LogP contribution in [0, 0.1) is 5.92 Å². The van der Waals surface area contributed by atoms with Gasteiger partial charge < -0.3 is 15.3 Å². The maximum Gasteiger partial charge on any atom is 0.337 e. The van der Waals surface area contributed by atoms with Crippen LogP contribution in [-0.2, 0) is 4.79 Å². The van der Waals surface area contributed by atoms with E-state index in [1.165, 1.54) is 0 Å². The maximum atomic E-state index is 11.9. The zero-order valence-electron chi connectivity index (χ0n) is 14.0. The second-order valence-electron chi connectivity index (χ2n) is 6.36. The number of benzene rings is 1. The normalized spacial score (nSPS) is 15.5. The molecule has 0 bridgehead atoms. The summed E-state index contributed by atoms with van der Waals surface area (Å²) in [5, 5.41) is 12.2. The van der Waals surface area contributed by atoms with Crippen molar-refractivity contribution in [3.63, 3.8) is 0 Å². The third-order valence-corrected chi connectivity index (χ3v) is 4.41. The van der Waals surface area contributed by atoms with Gasteiger partial charge in [0.1, 0.15) is 0 Å². The molecule has 0 radical (unpaired) electrons. The molecule has 1 aliphatic heterocycles. The summed E-state index contributed by atoms with van der Waals surface area (Å²) in [6.45, 7) is 6.16. The summed E-state index contributed by atoms with van der Waals surface area (Å²) in [5.41, 5.74) is 1.46. The Kier molecular flexibility index (Phi) is 6.02. The van der Waals surface area contributed by atoms with E-state index in [9.17, 15) is 14.7 Å². The molecule has 5 heteroatoms. The molecule has 1 fully saturated rings. The van der Waals surface area contributed by atoms with Gasteiger partial charge in [0.25, 0.3) is 0 Å². The van der Waals surface area contributed by atoms with E-state index in [0.717, 1.165) is 50.4 Å². The molecular formula is C18H26N2O3. The van der Waals surface area contributed by atoms with Crippen molar-refractivity contribution < 1.29 is 14.7 Å². The van der Waals surface area contributed by atoms with Crippen molar-refractivity contribution in [2.45, 2.75) is 46.0 Å². The molecule has 2 rings (SSSR count). The van der Waals surface area contributed by atoms with Crippen LogP contribution in [0.2, 0.25) is 0 Å². The van der Waals surface area contributed by atoms with Crippen LogP contribution in [0.15, 0.2) is 18.2 Å². The highest BCUT2D eigenvalue weighted by molar-refractivity contribution is 6.01. The number of carbonyl (C=O) groups excluding carboxylic acids is 1. The van der Waals surface area contributed by atoms with Crippen LogP contribution in [0.1, 0.15) is 56.3 Å². The van der Waals surface area contributed by atoms with Crippen molar-refractivity contribution in [3.8, 4) is 0 Å². The zero-order valence-corrected chi connectivity index (χ0v) is 14.0. The van der Waals surface area contributed by atoms with Crippen molar-refractivity contribution in [3.05, 3.63) is 23.8 Å². The number of hydrogen-bond acceptors (Lipinski definition) is 3. The summed E-state index contributed by atoms with van der Waals surface area (Å²) >= 11 is 0. The van der Waals surface area contributed by atoms with Crippen molar-refractivity contribution in [1.82, 2.24) is 0 Å². The third-order valence-electron chi connectivity index (χ3n) is 4.41. The standard InChI is InChI=1S/C18H26N2O3/c1-3-4-5-17(21)19-16-7-6-14(12-15(16)18(22)23)20-10-8-13(2)9-11-20/h6-7,12-13H,3-5,8-11H2,1-2H3,(H,19,21)(H,22,23). The van der Waals surface area contributed by atoms with E-state index in [-0.39, 0.29) is 11.5 Å². The predicted octanol–water partition coefficient (Wildman–Crippen LogP) is 3.75. The van der Waals surface area contributed by atoms with Crippen LogP contribution in [-0.4, -0.2) is 30.1 Å². The van der Waals surface area contributed by atoms with Gasteiger partial charge in [-0.1, -0.05) is 20.3 Å². The Morgan fingerprint density at radius 3 is 2.61 bits per heavy atom. The molecule has 0 unspecified atom stereocenters. The average Bonchev–Trinajstić information content (AvgIpc) is 2.54. The van der Waals surface area contributed by atoms with Crippen molar-refractivity contribution in [1.29, 1.82) is 0 Å². The smallest absolute Gasteiger partial charge is 0.337 e. The molecule has 1 saturated heterocycles. The predicted molar refractivity (Wildman–Crippen MR) is 92.2 cm³/mol. The largest absolute Gasteiger partial charge is 0.478 e. The van der Waals surface area contributed by atoms with Gasteiger partial charge in [-0.05, 0) is 43.4 Å². The van der Waals surface area contributed by atoms with Crippen molar-refractivity contribution in [2.75, 3.05) is 23.3 Å². The second kappa shape index (κ2) is 7.99. The molecule has 1 aromatic rings. The number of nitrogens with one attached hydrogen (secondary N) is 1. The molecule has 23 heavy (non-hydrogen) atoms. The summed E-state index contributed by atoms with van der Waals surface area (Å²) in [6, 6.07) is 5.28. The van der Waals surface area contributed by atoms with Crippen molar-refractivity contribution >= 4 is 23.3 Å². The number of carboxylic acid groups (broad SMARTS) is 1. The maximum absolute atomic E-state index is 11.9. The quantitative estimate of drug-likeness (QED) is 0.838. The molecule has 0 saturated carbocycles. The molecule has 1 heterocycles. The number of rotatable bonds is 6. The number of hydrogen-bond donors (Lipinski definition) is 2. The Morgan fingerprint density at radius 2 is 2.00 bits per heavy atom. The first-order chi connectivity index (χ1) is 11.0. The number of carbonyl (C=O) groups is 2. The van der Waals surface area contributed by atoms with Gasteiger partial charge in [-0.3, -0.25) is 4.79 Å². The van der Waals surface area contributed by atoms with E-state index in [2.05, 4.69) is 17.1 Å². The van der Waals surface area contributed by atoms with Crippen molar-refractivity contribution in [2.24, 2.45) is 5.92 Å². The molecule has 5 nitrogen and oxygen atoms in total. The first-order valence-corrected chi connectivity index (χ1v) is 8.43. The molecule has 0 atom stereocenters. The lowest BCUT2D eigenvalue weighted by Gasteiger charge is -2.32. The Morgan fingerprint density at radius 1 is 1.30 bits per heavy atom. The average molecular weight is 318 g/mol. The number of nitrogens with zero attached hydrogens (tertiary/aromatic N) is 1. The van der Waals surface area contributed by atoms with E-state index >= 15 is 0 Å². The highest BCUT2D eigenvalue weighted by atomic mass is 16.4. The summed E-state index contributed by atoms with van der Waals surface area (Å²) in [4.78, 5) is 25.6. The van der Waals surface area contributed by atoms with Crippen LogP contribution in [0.3, 0.4) is 0 Å². The van der Waals surface area contributed by atoms with E-state index in [1.54, 1.807) is 12.1 Å². The highest BCUT2D eigenvalue weighted by Crippen LogP contribution is 2.27. The van der Waals surface area contributed by atoms with Gasteiger partial charge in [0.15, 0.2) is 0 Å². The van der Waals surface area contributed by atoms with Crippen LogP contribution in [0.5, 0.6) is 0 Å². The molecule has 2 N–H and O–H groups in total. The van der Waals surface area contributed by atoms with Gasteiger partial charge in [0.05, 0.1) is 11.3 Å². The van der Waals surface area contributed by atoms with Gasteiger partial charge in [-0.15, -0.1) is 0 Å². The Bertz CT molecular complexity index is 563. The first-order valence-electron chi connectivity index (χ1n) is 8.43. The number of carboxylic acids is 1. The van der Waals surface area contributed by atoms with E-state index < -0.39 is 5.97 Å². The SMILES string of the molecule is CCCCC(=O)Nc1ccc(N2CCC(C)CC2)cc1C(=O)O. The molecule has 1 aromatic carbocycles. The minimum Gasteiger partial charge on any atom is -0.478 e. The number of unbranched alkanes of at least 4 members (excludes halogenated alkanes) is 1. The first kappa shape index (κ1) is 17.3. The molecule has 1 amide bonds. The molecule has 0 spiro atoms. The van der Waals surface area contributed by atoms with Crippen LogP contribution >= 0.6 is 0 Å². The highest BCUT2D eigenvalue weighted by Gasteiger charge is 2.19. The zero-order chi connectivity index (χ0) is 16.8. The Balaban J connectivity index is 2.14. The van der Waals surface area contributed by atoms with Crippen LogP contribution in [0.25, 0.3) is 0 Å². The molecule has 0 aliphatic carbocycles. The monoisotopic (exact) mass is 318 g/mol. The summed E-state index contributed by atoms with van der Waals surface area (Å²) in [6.07, 6.45) is 4.40. The number of aromatic carboxylic acids is 1. The summed E-state index contributed by atoms with van der Waals surface area (Å²) in [7, 11) is 0. The molecule has 0 aromatic heterocycles. The molecule has 126 valence electrons. The summed E-state index contributed by atoms with van der Waals surface area (Å²) in [5.74, 6) is -0.417. The van der Waals surface area contributed by atoms with E-state index in [4.69, 9.17) is 0 Å². The van der Waals surface area contributed by atoms with Gasteiger partial charge >= 0.3 is 5.97 Å². The fourth-order valence-corrected chi connectivity index (χ4v) is 2.83. The minimum absolute atomic E-state index is 0.131. The Labute approximate surface area is 137 Å². The lowest BCUT2D eigenvalue weighted by Crippen LogP contribution is -2.32. The van der Waals surface area contributed by atoms with Gasteiger partial charge in [0.2, 0.25) is 5.91 Å². The minimum atomic E-state index is -1.01. The number of amides is 1. The van der Waals surface area contributed by atoms with Gasteiger partial charge in [0, 0.05) is 25.2 Å². The van der Waals surface area contributed by atoms with Gasteiger partial charge in [-0.2, -0.15) is 0 Å². The number of anilines is 2. The fourth-order valence-electron chi connectivity index (χ4n) is 2.83. The summed E-state index contributed by atoms with van der Waals surface area (Å²) < 4.78 is 0. The molecule has 1 aliphatic rings. The lowest BCUT2D eigenvalue weighted by atomic mass is 9.98. The van der Waals surface area contributed by atoms with E-state index in [1.807, 2.05) is 13.0 Å². The Hall–Kier alpha value is -2.04. The third kappa shape index (κ3) is 4.71. The fraction of sp³-hybridized carbons (Fsp3) is 0.556. The van der Waals surface area contributed by atoms with E-state index in [0.29, 0.717) is 12.1 Å². The van der Waals surface area contributed by atoms with Crippen LogP contribution < -0.4 is 10.2 Å².